The van der Waals surface area contributed by atoms with Gasteiger partial charge >= 0.3 is 11.9 Å². The zero-order chi connectivity index (χ0) is 20.0. The molecule has 146 valence electrons. The minimum Gasteiger partial charge on any atom is -0.466 e. The summed E-state index contributed by atoms with van der Waals surface area (Å²) in [4.78, 5) is 47.6. The minimum atomic E-state index is -0.911. The second-order valence-corrected chi connectivity index (χ2v) is 6.01. The van der Waals surface area contributed by atoms with Crippen molar-refractivity contribution >= 4 is 29.2 Å². The Morgan fingerprint density at radius 1 is 1.26 bits per heavy atom. The summed E-state index contributed by atoms with van der Waals surface area (Å²) in [7, 11) is 0. The summed E-state index contributed by atoms with van der Waals surface area (Å²) in [6, 6.07) is 3.41. The van der Waals surface area contributed by atoms with Gasteiger partial charge in [0.25, 0.3) is 11.6 Å². The predicted molar refractivity (Wildman–Crippen MR) is 93.7 cm³/mol. The molecule has 2 rings (SSSR count). The monoisotopic (exact) mass is 379 g/mol. The van der Waals surface area contributed by atoms with Crippen molar-refractivity contribution in [1.29, 1.82) is 0 Å². The molecule has 1 heterocycles. The molecule has 1 aliphatic rings. The first kappa shape index (κ1) is 20.1. The Morgan fingerprint density at radius 2 is 1.93 bits per heavy atom. The number of ether oxygens (including phenoxy) is 2. The van der Waals surface area contributed by atoms with Gasteiger partial charge in [0, 0.05) is 30.9 Å². The summed E-state index contributed by atoms with van der Waals surface area (Å²) in [6.45, 7) is 2.26. The van der Waals surface area contributed by atoms with Gasteiger partial charge in [0.05, 0.1) is 23.0 Å². The molecule has 0 spiro atoms. The molecule has 2 N–H and O–H groups in total. The number of non-ortho nitro benzene ring substituents is 1. The van der Waals surface area contributed by atoms with Gasteiger partial charge in [-0.15, -0.1) is 0 Å². The molecular formula is C17H21N3O7. The second kappa shape index (κ2) is 8.97. The Labute approximate surface area is 155 Å². The summed E-state index contributed by atoms with van der Waals surface area (Å²) < 4.78 is 9.92. The van der Waals surface area contributed by atoms with E-state index in [1.54, 1.807) is 6.92 Å². The van der Waals surface area contributed by atoms with Gasteiger partial charge in [0.1, 0.15) is 0 Å². The van der Waals surface area contributed by atoms with Gasteiger partial charge < -0.3 is 20.1 Å². The Hall–Kier alpha value is -3.17. The maximum Gasteiger partial charge on any atom is 0.341 e. The number of nitro benzene ring substituents is 1. The zero-order valence-electron chi connectivity index (χ0n) is 14.9. The third-order valence-corrected chi connectivity index (χ3v) is 4.26. The lowest BCUT2D eigenvalue weighted by Gasteiger charge is -2.30. The lowest BCUT2D eigenvalue weighted by atomic mass is 9.97. The fourth-order valence-corrected chi connectivity index (χ4v) is 2.76. The number of hydrogen-bond donors (Lipinski definition) is 1. The Kier molecular flexibility index (Phi) is 6.69. The summed E-state index contributed by atoms with van der Waals surface area (Å²) in [5, 5.41) is 10.8. The minimum absolute atomic E-state index is 0.0216. The highest BCUT2D eigenvalue weighted by molar-refractivity contribution is 5.97. The molecule has 1 amide bonds. The number of nitrogens with zero attached hydrogens (tertiary/aromatic N) is 2. The normalized spacial score (nSPS) is 14.5. The number of piperidine rings is 1. The molecule has 1 aliphatic heterocycles. The number of benzene rings is 1. The quantitative estimate of drug-likeness (QED) is 0.335. The molecule has 1 aromatic rings. The molecule has 10 heteroatoms. The third-order valence-electron chi connectivity index (χ3n) is 4.26. The topological polar surface area (TPSA) is 142 Å². The number of rotatable bonds is 6. The molecule has 0 aliphatic carbocycles. The maximum atomic E-state index is 12.2. The third kappa shape index (κ3) is 5.16. The lowest BCUT2D eigenvalue weighted by Crippen LogP contribution is -2.42. The molecule has 1 saturated heterocycles. The average molecular weight is 379 g/mol. The van der Waals surface area contributed by atoms with E-state index in [0.717, 1.165) is 6.07 Å². The smallest absolute Gasteiger partial charge is 0.341 e. The van der Waals surface area contributed by atoms with Crippen molar-refractivity contribution in [3.8, 4) is 0 Å². The number of likely N-dealkylation sites (tertiary alicyclic amines) is 1. The average Bonchev–Trinajstić information content (AvgIpc) is 2.66. The van der Waals surface area contributed by atoms with E-state index in [-0.39, 0.29) is 28.8 Å². The van der Waals surface area contributed by atoms with Crippen LogP contribution in [-0.4, -0.2) is 54.0 Å². The SMILES string of the molecule is CCOC(=O)C1CCN(C(=O)COC(=O)c2cc([N+](=O)[O-])ccc2N)CC1. The van der Waals surface area contributed by atoms with Crippen molar-refractivity contribution in [3.05, 3.63) is 33.9 Å². The maximum absolute atomic E-state index is 12.2. The lowest BCUT2D eigenvalue weighted by molar-refractivity contribution is -0.384. The van der Waals surface area contributed by atoms with Crippen molar-refractivity contribution in [3.63, 3.8) is 0 Å². The van der Waals surface area contributed by atoms with Crippen LogP contribution in [0.3, 0.4) is 0 Å². The highest BCUT2D eigenvalue weighted by Crippen LogP contribution is 2.21. The van der Waals surface area contributed by atoms with Crippen molar-refractivity contribution in [2.75, 3.05) is 32.0 Å². The van der Waals surface area contributed by atoms with Crippen LogP contribution in [-0.2, 0) is 19.1 Å². The van der Waals surface area contributed by atoms with Crippen LogP contribution >= 0.6 is 0 Å². The summed E-state index contributed by atoms with van der Waals surface area (Å²) in [5.41, 5.74) is 5.20. The molecule has 0 bridgehead atoms. The number of esters is 2. The molecule has 0 saturated carbocycles. The van der Waals surface area contributed by atoms with Gasteiger partial charge in [-0.05, 0) is 25.8 Å². The zero-order valence-corrected chi connectivity index (χ0v) is 14.9. The van der Waals surface area contributed by atoms with Crippen LogP contribution in [0.4, 0.5) is 11.4 Å². The molecule has 0 aromatic heterocycles. The van der Waals surface area contributed by atoms with E-state index in [2.05, 4.69) is 0 Å². The Balaban J connectivity index is 1.87. The van der Waals surface area contributed by atoms with Gasteiger partial charge in [-0.1, -0.05) is 0 Å². The molecule has 0 unspecified atom stereocenters. The fourth-order valence-electron chi connectivity index (χ4n) is 2.76. The number of anilines is 1. The van der Waals surface area contributed by atoms with E-state index in [0.29, 0.717) is 32.5 Å². The van der Waals surface area contributed by atoms with E-state index in [1.807, 2.05) is 0 Å². The molecule has 1 aromatic carbocycles. The molecular weight excluding hydrogens is 358 g/mol. The standard InChI is InChI=1S/C17H21N3O7/c1-2-26-16(22)11-5-7-19(8-6-11)15(21)10-27-17(23)13-9-12(20(24)25)3-4-14(13)18/h3-4,9,11H,2,5-8,10,18H2,1H3. The van der Waals surface area contributed by atoms with E-state index < -0.39 is 23.4 Å². The van der Waals surface area contributed by atoms with E-state index in [1.165, 1.54) is 17.0 Å². The summed E-state index contributed by atoms with van der Waals surface area (Å²) in [6.07, 6.45) is 0.965. The first-order valence-corrected chi connectivity index (χ1v) is 8.49. The van der Waals surface area contributed by atoms with Gasteiger partial charge in [-0.25, -0.2) is 4.79 Å². The predicted octanol–water partition coefficient (Wildman–Crippen LogP) is 1.14. The van der Waals surface area contributed by atoms with E-state index >= 15 is 0 Å². The summed E-state index contributed by atoms with van der Waals surface area (Å²) in [5.74, 6) is -1.82. The van der Waals surface area contributed by atoms with Crippen LogP contribution in [0.15, 0.2) is 18.2 Å². The fraction of sp³-hybridized carbons (Fsp3) is 0.471. The van der Waals surface area contributed by atoms with Crippen molar-refractivity contribution in [1.82, 2.24) is 4.90 Å². The second-order valence-electron chi connectivity index (χ2n) is 6.01. The van der Waals surface area contributed by atoms with Crippen LogP contribution in [0.2, 0.25) is 0 Å². The Bertz CT molecular complexity index is 742. The number of nitrogen functional groups attached to an aromatic ring is 1. The number of carbonyl (C=O) groups is 3. The number of nitrogens with two attached hydrogens (primary N) is 1. The van der Waals surface area contributed by atoms with Crippen LogP contribution in [0.5, 0.6) is 0 Å². The van der Waals surface area contributed by atoms with Gasteiger partial charge in [-0.2, -0.15) is 0 Å². The number of amides is 1. The number of hydrogen-bond acceptors (Lipinski definition) is 8. The molecule has 0 atom stereocenters. The largest absolute Gasteiger partial charge is 0.466 e. The molecule has 10 nitrogen and oxygen atoms in total. The highest BCUT2D eigenvalue weighted by atomic mass is 16.6. The van der Waals surface area contributed by atoms with Crippen LogP contribution in [0.25, 0.3) is 0 Å². The highest BCUT2D eigenvalue weighted by Gasteiger charge is 2.28. The molecule has 1 fully saturated rings. The molecule has 0 radical (unpaired) electrons. The van der Waals surface area contributed by atoms with E-state index in [4.69, 9.17) is 15.2 Å². The summed E-state index contributed by atoms with van der Waals surface area (Å²) >= 11 is 0. The first-order chi connectivity index (χ1) is 12.8. The first-order valence-electron chi connectivity index (χ1n) is 8.49. The van der Waals surface area contributed by atoms with Crippen molar-refractivity contribution in [2.45, 2.75) is 19.8 Å². The van der Waals surface area contributed by atoms with Crippen LogP contribution in [0, 0.1) is 16.0 Å². The van der Waals surface area contributed by atoms with Gasteiger partial charge in [-0.3, -0.25) is 19.7 Å². The van der Waals surface area contributed by atoms with Gasteiger partial charge in [0.15, 0.2) is 6.61 Å². The van der Waals surface area contributed by atoms with Crippen molar-refractivity contribution in [2.24, 2.45) is 5.92 Å². The van der Waals surface area contributed by atoms with Gasteiger partial charge in [0.2, 0.25) is 0 Å². The van der Waals surface area contributed by atoms with Crippen LogP contribution in [0.1, 0.15) is 30.1 Å². The van der Waals surface area contributed by atoms with Crippen LogP contribution < -0.4 is 5.73 Å². The number of carbonyl (C=O) groups excluding carboxylic acids is 3. The molecule has 27 heavy (non-hydrogen) atoms. The van der Waals surface area contributed by atoms with Crippen molar-refractivity contribution < 1.29 is 28.8 Å². The number of nitro groups is 1. The Morgan fingerprint density at radius 3 is 2.52 bits per heavy atom. The van der Waals surface area contributed by atoms with E-state index in [9.17, 15) is 24.5 Å².